The Morgan fingerprint density at radius 3 is 2.52 bits per heavy atom. The van der Waals surface area contributed by atoms with E-state index in [-0.39, 0.29) is 11.3 Å². The second kappa shape index (κ2) is 8.78. The average molecular weight is 434 g/mol. The molecule has 0 aliphatic carbocycles. The Bertz CT molecular complexity index is 1130. The number of ketones is 1. The molecule has 2 aromatic carbocycles. The number of rotatable bonds is 6. The summed E-state index contributed by atoms with van der Waals surface area (Å²) in [5, 5.41) is 13.0. The summed E-state index contributed by atoms with van der Waals surface area (Å²) < 4.78 is 5.59. The van der Waals surface area contributed by atoms with Crippen molar-refractivity contribution in [2.45, 2.75) is 26.3 Å². The normalized spacial score (nSPS) is 17.9. The van der Waals surface area contributed by atoms with Crippen molar-refractivity contribution < 1.29 is 19.4 Å². The fourth-order valence-corrected chi connectivity index (χ4v) is 4.50. The summed E-state index contributed by atoms with van der Waals surface area (Å²) in [6.07, 6.45) is 0.894. The monoisotopic (exact) mass is 433 g/mol. The quantitative estimate of drug-likeness (QED) is 0.318. The van der Waals surface area contributed by atoms with Crippen molar-refractivity contribution in [1.29, 1.82) is 0 Å². The highest BCUT2D eigenvalue weighted by atomic mass is 32.1. The number of benzene rings is 2. The highest BCUT2D eigenvalue weighted by Crippen LogP contribution is 2.43. The molecule has 158 valence electrons. The number of hydrogen-bond donors (Lipinski definition) is 1. The van der Waals surface area contributed by atoms with E-state index in [1.54, 1.807) is 30.3 Å². The van der Waals surface area contributed by atoms with Gasteiger partial charge in [-0.25, -0.2) is 0 Å². The molecule has 0 bridgehead atoms. The van der Waals surface area contributed by atoms with E-state index in [2.05, 4.69) is 0 Å². The molecule has 1 fully saturated rings. The van der Waals surface area contributed by atoms with Gasteiger partial charge in [-0.05, 0) is 66.8 Å². The number of hydrogen-bond acceptors (Lipinski definition) is 5. The number of carbonyl (C=O) groups excluding carboxylic acids is 2. The minimum Gasteiger partial charge on any atom is -0.507 e. The summed E-state index contributed by atoms with van der Waals surface area (Å²) in [6, 6.07) is 17.4. The number of aryl methyl sites for hydroxylation is 1. The van der Waals surface area contributed by atoms with Gasteiger partial charge in [-0.2, -0.15) is 0 Å². The average Bonchev–Trinajstić information content (AvgIpc) is 3.39. The molecule has 1 saturated heterocycles. The number of aliphatic hydroxyl groups excluding tert-OH is 1. The number of amides is 1. The molecule has 31 heavy (non-hydrogen) atoms. The number of Topliss-reactive ketones (excluding diaryl/α,β-unsaturated/α-hetero) is 1. The maximum absolute atomic E-state index is 13.1. The predicted octanol–water partition coefficient (Wildman–Crippen LogP) is 5.47. The first-order valence-electron chi connectivity index (χ1n) is 10.2. The van der Waals surface area contributed by atoms with Crippen LogP contribution in [0.2, 0.25) is 0 Å². The lowest BCUT2D eigenvalue weighted by molar-refractivity contribution is -0.132. The fraction of sp³-hybridized carbons (Fsp3) is 0.200. The Balaban J connectivity index is 1.81. The Hall–Kier alpha value is -3.38. The second-order valence-electron chi connectivity index (χ2n) is 7.40. The molecule has 0 saturated carbocycles. The van der Waals surface area contributed by atoms with Crippen molar-refractivity contribution in [2.75, 3.05) is 11.5 Å². The first-order valence-corrected chi connectivity index (χ1v) is 11.0. The molecule has 1 aliphatic rings. The molecular formula is C25H23NO4S. The van der Waals surface area contributed by atoms with Crippen LogP contribution in [0.3, 0.4) is 0 Å². The lowest BCUT2D eigenvalue weighted by atomic mass is 9.99. The maximum Gasteiger partial charge on any atom is 0.300 e. The molecule has 3 aromatic rings. The Kier molecular flexibility index (Phi) is 5.91. The number of ether oxygens (including phenoxy) is 1. The lowest BCUT2D eigenvalue weighted by Crippen LogP contribution is -2.29. The van der Waals surface area contributed by atoms with E-state index in [4.69, 9.17) is 4.74 Å². The SMILES string of the molecule is CCCOc1ccc(/C(O)=C2/C(=O)C(=O)N(c3cccc(C)c3)C2c2cccs2)cc1. The van der Waals surface area contributed by atoms with E-state index in [0.29, 0.717) is 23.6 Å². The van der Waals surface area contributed by atoms with Gasteiger partial charge in [-0.1, -0.05) is 25.1 Å². The minimum absolute atomic E-state index is 0.0937. The number of thiophene rings is 1. The van der Waals surface area contributed by atoms with Crippen molar-refractivity contribution in [2.24, 2.45) is 0 Å². The highest BCUT2D eigenvalue weighted by molar-refractivity contribution is 7.10. The van der Waals surface area contributed by atoms with Gasteiger partial charge in [0, 0.05) is 16.1 Å². The molecule has 5 nitrogen and oxygen atoms in total. The Labute approximate surface area is 185 Å². The largest absolute Gasteiger partial charge is 0.507 e. The fourth-order valence-electron chi connectivity index (χ4n) is 3.68. The van der Waals surface area contributed by atoms with Crippen LogP contribution in [0.5, 0.6) is 5.75 Å². The Morgan fingerprint density at radius 2 is 1.87 bits per heavy atom. The zero-order valence-electron chi connectivity index (χ0n) is 17.4. The van der Waals surface area contributed by atoms with Gasteiger partial charge in [0.1, 0.15) is 17.6 Å². The molecule has 0 spiro atoms. The third-order valence-electron chi connectivity index (χ3n) is 5.14. The number of carbonyl (C=O) groups is 2. The van der Waals surface area contributed by atoms with Gasteiger partial charge in [0.05, 0.1) is 12.2 Å². The molecule has 2 heterocycles. The summed E-state index contributed by atoms with van der Waals surface area (Å²) in [5.74, 6) is -0.834. The third kappa shape index (κ3) is 3.99. The summed E-state index contributed by atoms with van der Waals surface area (Å²) in [6.45, 7) is 4.56. The van der Waals surface area contributed by atoms with Crippen LogP contribution >= 0.6 is 11.3 Å². The van der Waals surface area contributed by atoms with E-state index in [9.17, 15) is 14.7 Å². The van der Waals surface area contributed by atoms with E-state index in [1.165, 1.54) is 16.2 Å². The maximum atomic E-state index is 13.1. The molecule has 1 aliphatic heterocycles. The summed E-state index contributed by atoms with van der Waals surface area (Å²) in [4.78, 5) is 28.4. The number of anilines is 1. The molecule has 1 atom stereocenters. The summed E-state index contributed by atoms with van der Waals surface area (Å²) >= 11 is 1.44. The molecule has 1 N–H and O–H groups in total. The minimum atomic E-state index is -0.691. The molecule has 1 amide bonds. The zero-order valence-corrected chi connectivity index (χ0v) is 18.2. The van der Waals surface area contributed by atoms with Crippen LogP contribution in [-0.2, 0) is 9.59 Å². The molecular weight excluding hydrogens is 410 g/mol. The van der Waals surface area contributed by atoms with Gasteiger partial charge < -0.3 is 9.84 Å². The number of nitrogens with zero attached hydrogens (tertiary/aromatic N) is 1. The Morgan fingerprint density at radius 1 is 1.10 bits per heavy atom. The smallest absolute Gasteiger partial charge is 0.300 e. The first kappa shape index (κ1) is 20.9. The molecule has 0 radical (unpaired) electrons. The van der Waals surface area contributed by atoms with E-state index >= 15 is 0 Å². The molecule has 1 unspecified atom stereocenters. The van der Waals surface area contributed by atoms with Gasteiger partial charge in [-0.3, -0.25) is 14.5 Å². The van der Waals surface area contributed by atoms with Crippen molar-refractivity contribution in [3.63, 3.8) is 0 Å². The van der Waals surface area contributed by atoms with E-state index < -0.39 is 17.7 Å². The van der Waals surface area contributed by atoms with Crippen LogP contribution in [0.4, 0.5) is 5.69 Å². The van der Waals surface area contributed by atoms with Crippen molar-refractivity contribution in [3.8, 4) is 5.75 Å². The lowest BCUT2D eigenvalue weighted by Gasteiger charge is -2.24. The van der Waals surface area contributed by atoms with Gasteiger partial charge in [0.15, 0.2) is 0 Å². The molecule has 1 aromatic heterocycles. The van der Waals surface area contributed by atoms with Gasteiger partial charge >= 0.3 is 0 Å². The van der Waals surface area contributed by atoms with Gasteiger partial charge in [0.2, 0.25) is 0 Å². The van der Waals surface area contributed by atoms with Crippen LogP contribution in [0.25, 0.3) is 5.76 Å². The van der Waals surface area contributed by atoms with E-state index in [1.807, 2.05) is 49.6 Å². The predicted molar refractivity (Wildman–Crippen MR) is 123 cm³/mol. The third-order valence-corrected chi connectivity index (χ3v) is 6.06. The zero-order chi connectivity index (χ0) is 22.0. The van der Waals surface area contributed by atoms with Crippen molar-refractivity contribution in [3.05, 3.63) is 87.6 Å². The highest BCUT2D eigenvalue weighted by Gasteiger charge is 2.47. The molecule has 6 heteroatoms. The standard InChI is InChI=1S/C25H23NO4S/c1-3-13-30-19-11-9-17(10-12-19)23(27)21-22(20-8-5-14-31-20)26(25(29)24(21)28)18-7-4-6-16(2)15-18/h4-12,14-15,22,27H,3,13H2,1-2H3/b23-21-. The van der Waals surface area contributed by atoms with Crippen LogP contribution < -0.4 is 9.64 Å². The van der Waals surface area contributed by atoms with Crippen molar-refractivity contribution >= 4 is 34.5 Å². The van der Waals surface area contributed by atoms with E-state index in [0.717, 1.165) is 16.9 Å². The van der Waals surface area contributed by atoms with Gasteiger partial charge in [-0.15, -0.1) is 11.3 Å². The van der Waals surface area contributed by atoms with Gasteiger partial charge in [0.25, 0.3) is 11.7 Å². The molecule has 4 rings (SSSR count). The van der Waals surface area contributed by atoms with Crippen LogP contribution in [0, 0.1) is 6.92 Å². The summed E-state index contributed by atoms with van der Waals surface area (Å²) in [7, 11) is 0. The second-order valence-corrected chi connectivity index (χ2v) is 8.38. The summed E-state index contributed by atoms with van der Waals surface area (Å²) in [5.41, 5.74) is 2.17. The first-order chi connectivity index (χ1) is 15.0. The van der Waals surface area contributed by atoms with Crippen molar-refractivity contribution in [1.82, 2.24) is 0 Å². The van der Waals surface area contributed by atoms with Crippen LogP contribution in [-0.4, -0.2) is 23.4 Å². The van der Waals surface area contributed by atoms with Crippen LogP contribution in [0.1, 0.15) is 35.4 Å². The van der Waals surface area contributed by atoms with Crippen LogP contribution in [0.15, 0.2) is 71.6 Å². The topological polar surface area (TPSA) is 66.8 Å². The number of aliphatic hydroxyl groups is 1.